The van der Waals surface area contributed by atoms with Crippen molar-refractivity contribution in [3.05, 3.63) is 30.5 Å². The average molecular weight is 269 g/mol. The summed E-state index contributed by atoms with van der Waals surface area (Å²) in [6.07, 6.45) is 6.92. The molecule has 0 spiro atoms. The van der Waals surface area contributed by atoms with Gasteiger partial charge in [-0.3, -0.25) is 0 Å². The highest BCUT2D eigenvalue weighted by molar-refractivity contribution is 5.51. The maximum Gasteiger partial charge on any atom is 0.205 e. The molecule has 1 aliphatic heterocycles. The highest BCUT2D eigenvalue weighted by Crippen LogP contribution is 2.18. The van der Waals surface area contributed by atoms with Crippen molar-refractivity contribution in [3.8, 4) is 6.07 Å². The Morgan fingerprint density at radius 1 is 1.00 bits per heavy atom. The Morgan fingerprint density at radius 2 is 1.70 bits per heavy atom. The molecule has 20 heavy (non-hydrogen) atoms. The minimum Gasteiger partial charge on any atom is -0.351 e. The quantitative estimate of drug-likeness (QED) is 0.786. The molecular formula is C13H15N7. The van der Waals surface area contributed by atoms with Crippen LogP contribution in [-0.2, 0) is 7.05 Å². The second-order valence-corrected chi connectivity index (χ2v) is 4.65. The molecule has 1 saturated heterocycles. The van der Waals surface area contributed by atoms with E-state index in [0.717, 1.165) is 32.1 Å². The summed E-state index contributed by atoms with van der Waals surface area (Å²) < 4.78 is 2.01. The standard InChI is InChI=1S/C13H15N7/c1-18-5-4-17-13(18)20-8-6-19(7-9-20)12-11(10-14)15-2-3-16-12/h2-5H,6-9H2,1H3. The van der Waals surface area contributed by atoms with E-state index in [0.29, 0.717) is 11.5 Å². The van der Waals surface area contributed by atoms with E-state index in [1.807, 2.05) is 17.8 Å². The normalized spacial score (nSPS) is 15.2. The summed E-state index contributed by atoms with van der Waals surface area (Å²) >= 11 is 0. The number of rotatable bonds is 2. The number of nitrogens with zero attached hydrogens (tertiary/aromatic N) is 7. The number of piperazine rings is 1. The van der Waals surface area contributed by atoms with Crippen LogP contribution in [0.15, 0.2) is 24.8 Å². The second kappa shape index (κ2) is 5.17. The molecular weight excluding hydrogens is 254 g/mol. The Kier molecular flexibility index (Phi) is 3.21. The van der Waals surface area contributed by atoms with Crippen LogP contribution in [0.2, 0.25) is 0 Å². The van der Waals surface area contributed by atoms with Crippen LogP contribution in [-0.4, -0.2) is 45.7 Å². The van der Waals surface area contributed by atoms with Gasteiger partial charge in [-0.1, -0.05) is 0 Å². The van der Waals surface area contributed by atoms with Crippen LogP contribution in [0.4, 0.5) is 11.8 Å². The first-order valence-electron chi connectivity index (χ1n) is 6.48. The van der Waals surface area contributed by atoms with E-state index in [2.05, 4.69) is 30.8 Å². The summed E-state index contributed by atoms with van der Waals surface area (Å²) in [6.45, 7) is 3.32. The predicted octanol–water partition coefficient (Wildman–Crippen LogP) is 0.408. The zero-order chi connectivity index (χ0) is 13.9. The lowest BCUT2D eigenvalue weighted by Crippen LogP contribution is -2.47. The molecule has 1 fully saturated rings. The smallest absolute Gasteiger partial charge is 0.205 e. The lowest BCUT2D eigenvalue weighted by Gasteiger charge is -2.35. The van der Waals surface area contributed by atoms with Crippen molar-refractivity contribution < 1.29 is 0 Å². The van der Waals surface area contributed by atoms with Gasteiger partial charge in [0.25, 0.3) is 0 Å². The Balaban J connectivity index is 1.73. The molecule has 0 N–H and O–H groups in total. The second-order valence-electron chi connectivity index (χ2n) is 4.65. The lowest BCUT2D eigenvalue weighted by molar-refractivity contribution is 0.624. The molecule has 3 rings (SSSR count). The van der Waals surface area contributed by atoms with E-state index >= 15 is 0 Å². The van der Waals surface area contributed by atoms with Gasteiger partial charge in [-0.2, -0.15) is 5.26 Å². The summed E-state index contributed by atoms with van der Waals surface area (Å²) in [5.41, 5.74) is 0.387. The summed E-state index contributed by atoms with van der Waals surface area (Å²) in [5, 5.41) is 9.08. The van der Waals surface area contributed by atoms with Crippen LogP contribution in [0, 0.1) is 11.3 Å². The van der Waals surface area contributed by atoms with Crippen molar-refractivity contribution in [2.75, 3.05) is 36.0 Å². The van der Waals surface area contributed by atoms with Crippen LogP contribution < -0.4 is 9.80 Å². The van der Waals surface area contributed by atoms with Gasteiger partial charge in [0, 0.05) is 58.0 Å². The van der Waals surface area contributed by atoms with E-state index in [-0.39, 0.29) is 0 Å². The molecule has 2 aromatic heterocycles. The third-order valence-electron chi connectivity index (χ3n) is 3.44. The number of nitriles is 1. The molecule has 102 valence electrons. The maximum atomic E-state index is 9.08. The summed E-state index contributed by atoms with van der Waals surface area (Å²) in [6, 6.07) is 2.10. The monoisotopic (exact) mass is 269 g/mol. The van der Waals surface area contributed by atoms with E-state index in [1.54, 1.807) is 18.6 Å². The van der Waals surface area contributed by atoms with Gasteiger partial charge in [0.1, 0.15) is 6.07 Å². The lowest BCUT2D eigenvalue weighted by atomic mass is 10.3. The van der Waals surface area contributed by atoms with Gasteiger partial charge >= 0.3 is 0 Å². The van der Waals surface area contributed by atoms with Crippen LogP contribution in [0.25, 0.3) is 0 Å². The van der Waals surface area contributed by atoms with E-state index in [4.69, 9.17) is 5.26 Å². The van der Waals surface area contributed by atoms with Gasteiger partial charge < -0.3 is 14.4 Å². The summed E-state index contributed by atoms with van der Waals surface area (Å²) in [5.74, 6) is 1.65. The van der Waals surface area contributed by atoms with Gasteiger partial charge in [0.2, 0.25) is 5.95 Å². The molecule has 2 aromatic rings. The van der Waals surface area contributed by atoms with Gasteiger partial charge in [-0.25, -0.2) is 15.0 Å². The van der Waals surface area contributed by atoms with Crippen molar-refractivity contribution in [1.82, 2.24) is 19.5 Å². The topological polar surface area (TPSA) is 73.9 Å². The first kappa shape index (κ1) is 12.4. The summed E-state index contributed by atoms with van der Waals surface area (Å²) in [7, 11) is 1.99. The number of aryl methyl sites for hydroxylation is 1. The number of hydrogen-bond donors (Lipinski definition) is 0. The van der Waals surface area contributed by atoms with Crippen LogP contribution in [0.1, 0.15) is 5.69 Å². The molecule has 0 atom stereocenters. The highest BCUT2D eigenvalue weighted by atomic mass is 15.4. The first-order chi connectivity index (χ1) is 9.79. The van der Waals surface area contributed by atoms with E-state index in [9.17, 15) is 0 Å². The zero-order valence-corrected chi connectivity index (χ0v) is 11.3. The Morgan fingerprint density at radius 3 is 2.35 bits per heavy atom. The fraction of sp³-hybridized carbons (Fsp3) is 0.385. The molecule has 7 heteroatoms. The Bertz CT molecular complexity index is 634. The van der Waals surface area contributed by atoms with E-state index < -0.39 is 0 Å². The molecule has 0 bridgehead atoms. The van der Waals surface area contributed by atoms with Gasteiger partial charge in [-0.05, 0) is 0 Å². The van der Waals surface area contributed by atoms with Gasteiger partial charge in [-0.15, -0.1) is 0 Å². The van der Waals surface area contributed by atoms with Crippen LogP contribution >= 0.6 is 0 Å². The van der Waals surface area contributed by atoms with Crippen molar-refractivity contribution in [1.29, 1.82) is 5.26 Å². The number of hydrogen-bond acceptors (Lipinski definition) is 6. The van der Waals surface area contributed by atoms with Crippen molar-refractivity contribution >= 4 is 11.8 Å². The third-order valence-corrected chi connectivity index (χ3v) is 3.44. The highest BCUT2D eigenvalue weighted by Gasteiger charge is 2.22. The average Bonchev–Trinajstić information content (AvgIpc) is 2.93. The SMILES string of the molecule is Cn1ccnc1N1CCN(c2nccnc2C#N)CC1. The van der Waals surface area contributed by atoms with Crippen molar-refractivity contribution in [2.45, 2.75) is 0 Å². The predicted molar refractivity (Wildman–Crippen MR) is 74.4 cm³/mol. The largest absolute Gasteiger partial charge is 0.351 e. The minimum absolute atomic E-state index is 0.387. The summed E-state index contributed by atoms with van der Waals surface area (Å²) in [4.78, 5) is 17.0. The number of anilines is 2. The molecule has 1 aliphatic rings. The molecule has 7 nitrogen and oxygen atoms in total. The molecule has 0 amide bonds. The zero-order valence-electron chi connectivity index (χ0n) is 11.3. The first-order valence-corrected chi connectivity index (χ1v) is 6.48. The van der Waals surface area contributed by atoms with Crippen LogP contribution in [0.5, 0.6) is 0 Å². The van der Waals surface area contributed by atoms with Gasteiger partial charge in [0.15, 0.2) is 11.5 Å². The van der Waals surface area contributed by atoms with Crippen molar-refractivity contribution in [3.63, 3.8) is 0 Å². The Labute approximate surface area is 117 Å². The maximum absolute atomic E-state index is 9.08. The Hall–Kier alpha value is -2.62. The third kappa shape index (κ3) is 2.16. The number of aromatic nitrogens is 4. The molecule has 0 unspecified atom stereocenters. The molecule has 0 aromatic carbocycles. The molecule has 0 aliphatic carbocycles. The fourth-order valence-electron chi connectivity index (χ4n) is 2.42. The van der Waals surface area contributed by atoms with Crippen LogP contribution in [0.3, 0.4) is 0 Å². The minimum atomic E-state index is 0.387. The molecule has 0 radical (unpaired) electrons. The van der Waals surface area contributed by atoms with Gasteiger partial charge in [0.05, 0.1) is 0 Å². The number of imidazole rings is 1. The van der Waals surface area contributed by atoms with E-state index in [1.165, 1.54) is 0 Å². The fourth-order valence-corrected chi connectivity index (χ4v) is 2.42. The van der Waals surface area contributed by atoms with Crippen molar-refractivity contribution in [2.24, 2.45) is 7.05 Å². The molecule has 0 saturated carbocycles. The molecule has 3 heterocycles.